The van der Waals surface area contributed by atoms with E-state index in [2.05, 4.69) is 39.6 Å². The summed E-state index contributed by atoms with van der Waals surface area (Å²) in [6.45, 7) is 7.55. The van der Waals surface area contributed by atoms with Crippen molar-refractivity contribution in [1.82, 2.24) is 20.8 Å². The molecule has 0 saturated heterocycles. The lowest BCUT2D eigenvalue weighted by atomic mass is 10.2. The Balaban J connectivity index is 1.49. The van der Waals surface area contributed by atoms with Crippen molar-refractivity contribution in [2.24, 2.45) is 10.9 Å². The molecule has 0 bridgehead atoms. The predicted octanol–water partition coefficient (Wildman–Crippen LogP) is 2.11. The summed E-state index contributed by atoms with van der Waals surface area (Å²) in [5.74, 6) is 3.45. The number of nitrogens with one attached hydrogen (secondary N) is 2. The van der Waals surface area contributed by atoms with Crippen LogP contribution in [0.3, 0.4) is 0 Å². The summed E-state index contributed by atoms with van der Waals surface area (Å²) in [4.78, 5) is 8.59. The topological polar surface area (TPSA) is 84.6 Å². The van der Waals surface area contributed by atoms with E-state index in [0.717, 1.165) is 63.3 Å². The Hall–Kier alpha value is -1.63. The molecule has 0 spiro atoms. The molecule has 7 nitrogen and oxygen atoms in total. The molecular weight excluding hydrogens is 306 g/mol. The van der Waals surface area contributed by atoms with Crippen molar-refractivity contribution in [2.75, 3.05) is 33.4 Å². The number of ether oxygens (including phenoxy) is 1. The summed E-state index contributed by atoms with van der Waals surface area (Å²) in [5.41, 5.74) is 0. The molecule has 0 atom stereocenters. The SMILES string of the molecule is CN=C(NCCCOCC1CC1)NCCCc1nc(C(C)C)no1. The van der Waals surface area contributed by atoms with Crippen molar-refractivity contribution in [1.29, 1.82) is 0 Å². The fraction of sp³-hybridized carbons (Fsp3) is 0.824. The third-order valence-corrected chi connectivity index (χ3v) is 3.89. The largest absolute Gasteiger partial charge is 0.381 e. The van der Waals surface area contributed by atoms with Gasteiger partial charge >= 0.3 is 0 Å². The van der Waals surface area contributed by atoms with Crippen LogP contribution in [0.1, 0.15) is 57.2 Å². The molecule has 1 fully saturated rings. The van der Waals surface area contributed by atoms with Crippen molar-refractivity contribution in [3.63, 3.8) is 0 Å². The number of aryl methyl sites for hydroxylation is 1. The zero-order valence-corrected chi connectivity index (χ0v) is 15.2. The first-order chi connectivity index (χ1) is 11.7. The lowest BCUT2D eigenvalue weighted by Crippen LogP contribution is -2.38. The minimum Gasteiger partial charge on any atom is -0.381 e. The Labute approximate surface area is 144 Å². The second-order valence-corrected chi connectivity index (χ2v) is 6.60. The summed E-state index contributed by atoms with van der Waals surface area (Å²) in [6.07, 6.45) is 5.38. The second kappa shape index (κ2) is 10.3. The van der Waals surface area contributed by atoms with E-state index < -0.39 is 0 Å². The van der Waals surface area contributed by atoms with Gasteiger partial charge in [-0.05, 0) is 31.6 Å². The molecule has 24 heavy (non-hydrogen) atoms. The summed E-state index contributed by atoms with van der Waals surface area (Å²) < 4.78 is 10.8. The first kappa shape index (κ1) is 18.7. The fourth-order valence-corrected chi connectivity index (χ4v) is 2.19. The maximum Gasteiger partial charge on any atom is 0.226 e. The van der Waals surface area contributed by atoms with E-state index >= 15 is 0 Å². The second-order valence-electron chi connectivity index (χ2n) is 6.60. The lowest BCUT2D eigenvalue weighted by molar-refractivity contribution is 0.123. The molecule has 2 N–H and O–H groups in total. The average Bonchev–Trinajstić information content (AvgIpc) is 3.27. The van der Waals surface area contributed by atoms with Crippen LogP contribution in [0.2, 0.25) is 0 Å². The molecule has 0 unspecified atom stereocenters. The van der Waals surface area contributed by atoms with Crippen molar-refractivity contribution < 1.29 is 9.26 Å². The Morgan fingerprint density at radius 3 is 2.67 bits per heavy atom. The maximum absolute atomic E-state index is 5.62. The van der Waals surface area contributed by atoms with Crippen LogP contribution in [0, 0.1) is 5.92 Å². The van der Waals surface area contributed by atoms with Crippen LogP contribution in [0.4, 0.5) is 0 Å². The summed E-state index contributed by atoms with van der Waals surface area (Å²) in [6, 6.07) is 0. The number of nitrogens with zero attached hydrogens (tertiary/aromatic N) is 3. The Kier molecular flexibility index (Phi) is 8.01. The van der Waals surface area contributed by atoms with Crippen molar-refractivity contribution in [3.8, 4) is 0 Å². The molecule has 0 aromatic carbocycles. The lowest BCUT2D eigenvalue weighted by Gasteiger charge is -2.11. The molecule has 0 radical (unpaired) electrons. The highest BCUT2D eigenvalue weighted by molar-refractivity contribution is 5.79. The van der Waals surface area contributed by atoms with Gasteiger partial charge in [-0.25, -0.2) is 0 Å². The summed E-state index contributed by atoms with van der Waals surface area (Å²) >= 11 is 0. The molecule has 1 aliphatic rings. The van der Waals surface area contributed by atoms with E-state index in [-0.39, 0.29) is 0 Å². The van der Waals surface area contributed by atoms with Crippen LogP contribution in [0.25, 0.3) is 0 Å². The molecule has 136 valence electrons. The van der Waals surface area contributed by atoms with E-state index in [9.17, 15) is 0 Å². The molecule has 0 amide bonds. The van der Waals surface area contributed by atoms with Crippen LogP contribution in [-0.2, 0) is 11.2 Å². The normalized spacial score (nSPS) is 15.1. The first-order valence-electron chi connectivity index (χ1n) is 9.03. The van der Waals surface area contributed by atoms with Crippen LogP contribution in [-0.4, -0.2) is 49.5 Å². The van der Waals surface area contributed by atoms with E-state index in [1.165, 1.54) is 12.8 Å². The van der Waals surface area contributed by atoms with Crippen LogP contribution < -0.4 is 10.6 Å². The van der Waals surface area contributed by atoms with Gasteiger partial charge in [0.15, 0.2) is 11.8 Å². The van der Waals surface area contributed by atoms with Crippen LogP contribution in [0.15, 0.2) is 9.52 Å². The third kappa shape index (κ3) is 7.29. The molecule has 1 saturated carbocycles. The minimum absolute atomic E-state index is 0.303. The standard InChI is InChI=1S/C17H31N5O2/c1-13(2)16-21-15(24-22-16)6-4-9-19-17(18-3)20-10-5-11-23-12-14-7-8-14/h13-14H,4-12H2,1-3H3,(H2,18,19,20). The van der Waals surface area contributed by atoms with Gasteiger partial charge in [0.1, 0.15) is 0 Å². The van der Waals surface area contributed by atoms with Crippen molar-refractivity contribution in [2.45, 2.75) is 51.9 Å². The highest BCUT2D eigenvalue weighted by Crippen LogP contribution is 2.28. The maximum atomic E-state index is 5.62. The highest BCUT2D eigenvalue weighted by Gasteiger charge is 2.20. The first-order valence-corrected chi connectivity index (χ1v) is 9.03. The van der Waals surface area contributed by atoms with Gasteiger partial charge in [0.25, 0.3) is 0 Å². The zero-order valence-electron chi connectivity index (χ0n) is 15.2. The van der Waals surface area contributed by atoms with E-state index in [4.69, 9.17) is 9.26 Å². The molecule has 0 aliphatic heterocycles. The van der Waals surface area contributed by atoms with E-state index in [1.807, 2.05) is 0 Å². The highest BCUT2D eigenvalue weighted by atomic mass is 16.5. The average molecular weight is 337 g/mol. The van der Waals surface area contributed by atoms with Crippen molar-refractivity contribution in [3.05, 3.63) is 11.7 Å². The molecule has 1 heterocycles. The molecule has 1 aromatic rings. The van der Waals surface area contributed by atoms with Gasteiger partial charge in [0, 0.05) is 45.7 Å². The molecule has 7 heteroatoms. The summed E-state index contributed by atoms with van der Waals surface area (Å²) in [5, 5.41) is 10.6. The van der Waals surface area contributed by atoms with Gasteiger partial charge in [-0.3, -0.25) is 4.99 Å². The van der Waals surface area contributed by atoms with Crippen LogP contribution >= 0.6 is 0 Å². The van der Waals surface area contributed by atoms with Gasteiger partial charge in [0.2, 0.25) is 5.89 Å². The van der Waals surface area contributed by atoms with E-state index in [1.54, 1.807) is 7.05 Å². The quantitative estimate of drug-likeness (QED) is 0.365. The monoisotopic (exact) mass is 337 g/mol. The molecule has 2 rings (SSSR count). The number of aliphatic imine (C=N–C) groups is 1. The van der Waals surface area contributed by atoms with Gasteiger partial charge in [-0.1, -0.05) is 19.0 Å². The molecule has 1 aliphatic carbocycles. The van der Waals surface area contributed by atoms with Gasteiger partial charge < -0.3 is 19.9 Å². The Morgan fingerprint density at radius 2 is 2.04 bits per heavy atom. The number of hydrogen-bond donors (Lipinski definition) is 2. The van der Waals surface area contributed by atoms with Gasteiger partial charge in [-0.2, -0.15) is 4.98 Å². The van der Waals surface area contributed by atoms with Crippen molar-refractivity contribution >= 4 is 5.96 Å². The number of guanidine groups is 1. The third-order valence-electron chi connectivity index (χ3n) is 3.89. The smallest absolute Gasteiger partial charge is 0.226 e. The number of hydrogen-bond acceptors (Lipinski definition) is 5. The fourth-order valence-electron chi connectivity index (χ4n) is 2.19. The predicted molar refractivity (Wildman–Crippen MR) is 94.2 cm³/mol. The van der Waals surface area contributed by atoms with Crippen LogP contribution in [0.5, 0.6) is 0 Å². The van der Waals surface area contributed by atoms with Gasteiger partial charge in [0.05, 0.1) is 0 Å². The Morgan fingerprint density at radius 1 is 1.29 bits per heavy atom. The van der Waals surface area contributed by atoms with E-state index in [0.29, 0.717) is 11.8 Å². The van der Waals surface area contributed by atoms with Gasteiger partial charge in [-0.15, -0.1) is 0 Å². The number of rotatable bonds is 11. The Bertz CT molecular complexity index is 497. The molecular formula is C17H31N5O2. The zero-order chi connectivity index (χ0) is 17.2. The minimum atomic E-state index is 0.303. The molecule has 1 aromatic heterocycles. The summed E-state index contributed by atoms with van der Waals surface area (Å²) in [7, 11) is 1.78. The number of aromatic nitrogens is 2.